The Labute approximate surface area is 135 Å². The van der Waals surface area contributed by atoms with Crippen LogP contribution in [0.25, 0.3) is 0 Å². The Morgan fingerprint density at radius 3 is 2.57 bits per heavy atom. The molecule has 1 atom stereocenters. The van der Waals surface area contributed by atoms with Gasteiger partial charge in [-0.05, 0) is 23.6 Å². The van der Waals surface area contributed by atoms with Gasteiger partial charge in [-0.2, -0.15) is 0 Å². The number of alkyl carbamates (subject to hydrolysis) is 1. The minimum absolute atomic E-state index is 0.0215. The summed E-state index contributed by atoms with van der Waals surface area (Å²) >= 11 is 0. The fraction of sp³-hybridized carbons (Fsp3) is 0.235. The van der Waals surface area contributed by atoms with E-state index in [1.54, 1.807) is 24.3 Å². The third kappa shape index (κ3) is 3.53. The SMILES string of the molecule is O=C(N[C@@H]1CCS(=O)(=O)c2ccccc21)OCc1ccccc1. The van der Waals surface area contributed by atoms with E-state index in [1.165, 1.54) is 0 Å². The fourth-order valence-electron chi connectivity index (χ4n) is 2.65. The molecule has 1 aliphatic rings. The molecule has 1 heterocycles. The standard InChI is InChI=1S/C17H17NO4S/c19-17(22-12-13-6-2-1-3-7-13)18-15-10-11-23(20,21)16-9-5-4-8-14(15)16/h1-9,15H,10-12H2,(H,18,19)/t15-/m1/s1. The predicted octanol–water partition coefficient (Wildman–Crippen LogP) is 2.83. The van der Waals surface area contributed by atoms with Crippen molar-refractivity contribution in [2.24, 2.45) is 0 Å². The van der Waals surface area contributed by atoms with Gasteiger partial charge in [0.25, 0.3) is 0 Å². The van der Waals surface area contributed by atoms with Crippen LogP contribution in [0.1, 0.15) is 23.6 Å². The molecule has 0 fully saturated rings. The van der Waals surface area contributed by atoms with Gasteiger partial charge < -0.3 is 10.1 Å². The van der Waals surface area contributed by atoms with Crippen LogP contribution in [0, 0.1) is 0 Å². The molecular weight excluding hydrogens is 314 g/mol. The summed E-state index contributed by atoms with van der Waals surface area (Å²) in [6.07, 6.45) is -0.201. The van der Waals surface area contributed by atoms with Gasteiger partial charge in [0.05, 0.1) is 16.7 Å². The van der Waals surface area contributed by atoms with Gasteiger partial charge in [0.2, 0.25) is 0 Å². The summed E-state index contributed by atoms with van der Waals surface area (Å²) in [5.41, 5.74) is 1.52. The van der Waals surface area contributed by atoms with E-state index in [4.69, 9.17) is 4.74 Å². The van der Waals surface area contributed by atoms with Crippen molar-refractivity contribution in [2.45, 2.75) is 24.0 Å². The average molecular weight is 331 g/mol. The minimum atomic E-state index is -3.26. The number of carbonyl (C=O) groups excluding carboxylic acids is 1. The van der Waals surface area contributed by atoms with Gasteiger partial charge >= 0.3 is 6.09 Å². The first-order valence-electron chi connectivity index (χ1n) is 7.35. The molecule has 1 N–H and O–H groups in total. The maximum Gasteiger partial charge on any atom is 0.407 e. The first-order valence-corrected chi connectivity index (χ1v) is 9.00. The normalized spacial score (nSPS) is 18.7. The molecule has 0 spiro atoms. The van der Waals surface area contributed by atoms with E-state index in [-0.39, 0.29) is 18.4 Å². The smallest absolute Gasteiger partial charge is 0.407 e. The number of sulfone groups is 1. The number of ether oxygens (including phenoxy) is 1. The first kappa shape index (κ1) is 15.6. The zero-order valence-electron chi connectivity index (χ0n) is 12.4. The number of benzene rings is 2. The van der Waals surface area contributed by atoms with Gasteiger partial charge in [-0.3, -0.25) is 0 Å². The maximum absolute atomic E-state index is 12.1. The number of hydrogen-bond acceptors (Lipinski definition) is 4. The molecule has 0 aliphatic carbocycles. The molecule has 0 saturated carbocycles. The third-order valence-electron chi connectivity index (χ3n) is 3.81. The molecule has 0 bridgehead atoms. The minimum Gasteiger partial charge on any atom is -0.445 e. The van der Waals surface area contributed by atoms with Gasteiger partial charge in [0.15, 0.2) is 9.84 Å². The molecule has 0 aromatic heterocycles. The van der Waals surface area contributed by atoms with Crippen LogP contribution in [0.2, 0.25) is 0 Å². The van der Waals surface area contributed by atoms with Crippen molar-refractivity contribution in [3.63, 3.8) is 0 Å². The zero-order valence-corrected chi connectivity index (χ0v) is 13.3. The Kier molecular flexibility index (Phi) is 4.34. The second-order valence-electron chi connectivity index (χ2n) is 5.40. The van der Waals surface area contributed by atoms with Gasteiger partial charge in [0.1, 0.15) is 6.61 Å². The number of nitrogens with one attached hydrogen (secondary N) is 1. The van der Waals surface area contributed by atoms with Crippen LogP contribution in [0.3, 0.4) is 0 Å². The summed E-state index contributed by atoms with van der Waals surface area (Å²) in [4.78, 5) is 12.3. The molecule has 2 aromatic carbocycles. The molecule has 0 saturated heterocycles. The summed E-state index contributed by atoms with van der Waals surface area (Å²) in [6.45, 7) is 0.180. The number of rotatable bonds is 3. The van der Waals surface area contributed by atoms with Crippen molar-refractivity contribution in [3.05, 3.63) is 65.7 Å². The van der Waals surface area contributed by atoms with E-state index < -0.39 is 15.9 Å². The highest BCUT2D eigenvalue weighted by Gasteiger charge is 2.30. The van der Waals surface area contributed by atoms with E-state index >= 15 is 0 Å². The predicted molar refractivity (Wildman–Crippen MR) is 85.6 cm³/mol. The number of carbonyl (C=O) groups is 1. The van der Waals surface area contributed by atoms with Crippen LogP contribution < -0.4 is 5.32 Å². The fourth-order valence-corrected chi connectivity index (χ4v) is 4.27. The van der Waals surface area contributed by atoms with Gasteiger partial charge in [-0.1, -0.05) is 48.5 Å². The molecule has 3 rings (SSSR count). The molecule has 0 radical (unpaired) electrons. The Balaban J connectivity index is 1.68. The molecule has 1 amide bonds. The van der Waals surface area contributed by atoms with Crippen molar-refractivity contribution in [2.75, 3.05) is 5.75 Å². The van der Waals surface area contributed by atoms with Crippen LogP contribution >= 0.6 is 0 Å². The van der Waals surface area contributed by atoms with E-state index in [0.29, 0.717) is 16.9 Å². The summed E-state index contributed by atoms with van der Waals surface area (Å²) in [5.74, 6) is 0.0215. The highest BCUT2D eigenvalue weighted by molar-refractivity contribution is 7.91. The summed E-state index contributed by atoms with van der Waals surface area (Å²) in [6, 6.07) is 15.8. The van der Waals surface area contributed by atoms with Crippen LogP contribution in [0.5, 0.6) is 0 Å². The number of amides is 1. The third-order valence-corrected chi connectivity index (χ3v) is 5.62. The number of fused-ring (bicyclic) bond motifs is 1. The van der Waals surface area contributed by atoms with Crippen molar-refractivity contribution in [1.29, 1.82) is 0 Å². The van der Waals surface area contributed by atoms with E-state index in [9.17, 15) is 13.2 Å². The largest absolute Gasteiger partial charge is 0.445 e. The Morgan fingerprint density at radius 1 is 1.09 bits per heavy atom. The average Bonchev–Trinajstić information content (AvgIpc) is 2.57. The molecule has 23 heavy (non-hydrogen) atoms. The van der Waals surface area contributed by atoms with Crippen molar-refractivity contribution in [3.8, 4) is 0 Å². The van der Waals surface area contributed by atoms with Crippen LogP contribution in [0.15, 0.2) is 59.5 Å². The highest BCUT2D eigenvalue weighted by Crippen LogP contribution is 2.31. The summed E-state index contributed by atoms with van der Waals surface area (Å²) in [7, 11) is -3.26. The van der Waals surface area contributed by atoms with E-state index in [2.05, 4.69) is 5.32 Å². The van der Waals surface area contributed by atoms with Crippen molar-refractivity contribution in [1.82, 2.24) is 5.32 Å². The second kappa shape index (κ2) is 6.42. The molecule has 2 aromatic rings. The monoisotopic (exact) mass is 331 g/mol. The summed E-state index contributed by atoms with van der Waals surface area (Å²) < 4.78 is 29.3. The number of hydrogen-bond donors (Lipinski definition) is 1. The van der Waals surface area contributed by atoms with Gasteiger partial charge in [0, 0.05) is 0 Å². The van der Waals surface area contributed by atoms with E-state index in [1.807, 2.05) is 30.3 Å². The van der Waals surface area contributed by atoms with Crippen LogP contribution in [0.4, 0.5) is 4.79 Å². The lowest BCUT2D eigenvalue weighted by atomic mass is 10.0. The highest BCUT2D eigenvalue weighted by atomic mass is 32.2. The van der Waals surface area contributed by atoms with Crippen molar-refractivity contribution >= 4 is 15.9 Å². The second-order valence-corrected chi connectivity index (χ2v) is 7.48. The first-order chi connectivity index (χ1) is 11.1. The Bertz CT molecular complexity index is 802. The lowest BCUT2D eigenvalue weighted by Crippen LogP contribution is -2.34. The van der Waals surface area contributed by atoms with Gasteiger partial charge in [-0.15, -0.1) is 0 Å². The van der Waals surface area contributed by atoms with Crippen LogP contribution in [-0.4, -0.2) is 20.3 Å². The lowest BCUT2D eigenvalue weighted by Gasteiger charge is -2.25. The molecule has 120 valence electrons. The van der Waals surface area contributed by atoms with Gasteiger partial charge in [-0.25, -0.2) is 13.2 Å². The molecule has 5 nitrogen and oxygen atoms in total. The molecular formula is C17H17NO4S. The Hall–Kier alpha value is -2.34. The maximum atomic E-state index is 12.1. The summed E-state index contributed by atoms with van der Waals surface area (Å²) in [5, 5.41) is 2.76. The Morgan fingerprint density at radius 2 is 1.78 bits per heavy atom. The lowest BCUT2D eigenvalue weighted by molar-refractivity contribution is 0.135. The molecule has 6 heteroatoms. The van der Waals surface area contributed by atoms with Crippen LogP contribution in [-0.2, 0) is 21.2 Å². The molecule has 1 aliphatic heterocycles. The zero-order chi connectivity index (χ0) is 16.3. The van der Waals surface area contributed by atoms with E-state index in [0.717, 1.165) is 5.56 Å². The topological polar surface area (TPSA) is 72.5 Å². The van der Waals surface area contributed by atoms with Crippen molar-refractivity contribution < 1.29 is 17.9 Å². The quantitative estimate of drug-likeness (QED) is 0.939. The molecule has 0 unspecified atom stereocenters.